The lowest BCUT2D eigenvalue weighted by Gasteiger charge is -2.11. The number of carbonyl (C=O) groups excluding carboxylic acids is 1. The molecule has 0 radical (unpaired) electrons. The minimum absolute atomic E-state index is 0.174. The molecule has 20 heavy (non-hydrogen) atoms. The standard InChI is InChI=1S/C12H14N6OS/c1-7(11(19)16-8-3-2-4-15-6-8)20-12-17-9(13)5-10(14)18-12/h2-7H,1H3,(H,16,19)(H4,13,14,17,18). The normalized spacial score (nSPS) is 11.8. The van der Waals surface area contributed by atoms with Gasteiger partial charge in [0.2, 0.25) is 5.91 Å². The maximum atomic E-state index is 12.0. The predicted molar refractivity (Wildman–Crippen MR) is 79.0 cm³/mol. The van der Waals surface area contributed by atoms with E-state index in [9.17, 15) is 4.79 Å². The zero-order valence-electron chi connectivity index (χ0n) is 10.8. The van der Waals surface area contributed by atoms with Crippen LogP contribution in [0.15, 0.2) is 35.7 Å². The van der Waals surface area contributed by atoms with Crippen LogP contribution in [0.25, 0.3) is 0 Å². The molecule has 0 saturated carbocycles. The third kappa shape index (κ3) is 3.82. The van der Waals surface area contributed by atoms with Crippen molar-refractivity contribution in [3.05, 3.63) is 30.6 Å². The number of nitrogen functional groups attached to an aromatic ring is 2. The summed E-state index contributed by atoms with van der Waals surface area (Å²) < 4.78 is 0. The highest BCUT2D eigenvalue weighted by Gasteiger charge is 2.16. The quantitative estimate of drug-likeness (QED) is 0.570. The van der Waals surface area contributed by atoms with Crippen molar-refractivity contribution in [2.24, 2.45) is 0 Å². The third-order valence-electron chi connectivity index (χ3n) is 2.33. The lowest BCUT2D eigenvalue weighted by atomic mass is 10.4. The van der Waals surface area contributed by atoms with Crippen molar-refractivity contribution in [1.29, 1.82) is 0 Å². The number of aromatic nitrogens is 3. The maximum absolute atomic E-state index is 12.0. The fourth-order valence-corrected chi connectivity index (χ4v) is 2.21. The van der Waals surface area contributed by atoms with Gasteiger partial charge in [0, 0.05) is 12.3 Å². The van der Waals surface area contributed by atoms with E-state index in [2.05, 4.69) is 20.3 Å². The number of anilines is 3. The Hall–Kier alpha value is -2.35. The van der Waals surface area contributed by atoms with Gasteiger partial charge in [0.15, 0.2) is 5.16 Å². The van der Waals surface area contributed by atoms with Crippen molar-refractivity contribution in [2.75, 3.05) is 16.8 Å². The van der Waals surface area contributed by atoms with Crippen LogP contribution in [-0.4, -0.2) is 26.1 Å². The van der Waals surface area contributed by atoms with Crippen LogP contribution >= 0.6 is 11.8 Å². The zero-order chi connectivity index (χ0) is 14.5. The molecule has 2 aromatic rings. The molecule has 2 aromatic heterocycles. The van der Waals surface area contributed by atoms with Crippen LogP contribution in [0, 0.1) is 0 Å². The summed E-state index contributed by atoms with van der Waals surface area (Å²) in [6.07, 6.45) is 3.21. The molecular weight excluding hydrogens is 276 g/mol. The summed E-state index contributed by atoms with van der Waals surface area (Å²) in [5, 5.41) is 2.73. The molecule has 8 heteroatoms. The van der Waals surface area contributed by atoms with Crippen LogP contribution in [0.3, 0.4) is 0 Å². The van der Waals surface area contributed by atoms with E-state index in [1.165, 1.54) is 17.8 Å². The minimum Gasteiger partial charge on any atom is -0.383 e. The van der Waals surface area contributed by atoms with E-state index in [0.29, 0.717) is 10.8 Å². The molecule has 2 heterocycles. The van der Waals surface area contributed by atoms with Gasteiger partial charge in [-0.05, 0) is 19.1 Å². The smallest absolute Gasteiger partial charge is 0.237 e. The Bertz CT molecular complexity index is 586. The van der Waals surface area contributed by atoms with E-state index in [0.717, 1.165) is 0 Å². The summed E-state index contributed by atoms with van der Waals surface area (Å²) in [7, 11) is 0. The van der Waals surface area contributed by atoms with Crippen molar-refractivity contribution in [3.63, 3.8) is 0 Å². The second-order valence-corrected chi connectivity index (χ2v) is 5.30. The van der Waals surface area contributed by atoms with Gasteiger partial charge in [0.05, 0.1) is 17.1 Å². The minimum atomic E-state index is -0.392. The molecule has 104 valence electrons. The van der Waals surface area contributed by atoms with Gasteiger partial charge >= 0.3 is 0 Å². The molecule has 0 aliphatic rings. The summed E-state index contributed by atoms with van der Waals surface area (Å²) in [6.45, 7) is 1.75. The summed E-state index contributed by atoms with van der Waals surface area (Å²) in [5.41, 5.74) is 11.8. The first-order valence-electron chi connectivity index (χ1n) is 5.82. The Kier molecular flexibility index (Phi) is 4.36. The topological polar surface area (TPSA) is 120 Å². The summed E-state index contributed by atoms with van der Waals surface area (Å²) >= 11 is 1.18. The van der Waals surface area contributed by atoms with Gasteiger partial charge in [-0.2, -0.15) is 0 Å². The maximum Gasteiger partial charge on any atom is 0.237 e. The molecule has 0 aromatic carbocycles. The van der Waals surface area contributed by atoms with Crippen molar-refractivity contribution in [2.45, 2.75) is 17.3 Å². The monoisotopic (exact) mass is 290 g/mol. The third-order valence-corrected chi connectivity index (χ3v) is 3.29. The van der Waals surface area contributed by atoms with E-state index in [1.807, 2.05) is 0 Å². The van der Waals surface area contributed by atoms with Crippen LogP contribution in [0.5, 0.6) is 0 Å². The first-order valence-corrected chi connectivity index (χ1v) is 6.70. The van der Waals surface area contributed by atoms with Gasteiger partial charge in [-0.25, -0.2) is 9.97 Å². The molecule has 0 aliphatic carbocycles. The summed E-state index contributed by atoms with van der Waals surface area (Å²) in [4.78, 5) is 24.0. The fourth-order valence-electron chi connectivity index (χ4n) is 1.41. The van der Waals surface area contributed by atoms with Crippen molar-refractivity contribution >= 4 is 35.0 Å². The fraction of sp³-hybridized carbons (Fsp3) is 0.167. The zero-order valence-corrected chi connectivity index (χ0v) is 11.6. The predicted octanol–water partition coefficient (Wildman–Crippen LogP) is 1.16. The second kappa shape index (κ2) is 6.20. The van der Waals surface area contributed by atoms with Gasteiger partial charge in [-0.3, -0.25) is 9.78 Å². The number of rotatable bonds is 4. The first-order chi connectivity index (χ1) is 9.54. The van der Waals surface area contributed by atoms with Gasteiger partial charge in [-0.15, -0.1) is 0 Å². The molecule has 0 aliphatic heterocycles. The number of nitrogens with two attached hydrogens (primary N) is 2. The lowest BCUT2D eigenvalue weighted by Crippen LogP contribution is -2.22. The number of thioether (sulfide) groups is 1. The van der Waals surface area contributed by atoms with E-state index in [-0.39, 0.29) is 17.5 Å². The molecule has 0 fully saturated rings. The van der Waals surface area contributed by atoms with Crippen molar-refractivity contribution in [3.8, 4) is 0 Å². The van der Waals surface area contributed by atoms with E-state index in [4.69, 9.17) is 11.5 Å². The number of hydrogen-bond donors (Lipinski definition) is 3. The Morgan fingerprint density at radius 1 is 1.35 bits per heavy atom. The van der Waals surface area contributed by atoms with Crippen LogP contribution in [0.1, 0.15) is 6.92 Å². The van der Waals surface area contributed by atoms with Gasteiger partial charge in [0.25, 0.3) is 0 Å². The Morgan fingerprint density at radius 2 is 2.05 bits per heavy atom. The van der Waals surface area contributed by atoms with Gasteiger partial charge in [-0.1, -0.05) is 11.8 Å². The molecule has 5 N–H and O–H groups in total. The summed E-state index contributed by atoms with van der Waals surface area (Å²) in [5.74, 6) is 0.382. The average Bonchev–Trinajstić information content (AvgIpc) is 2.38. The average molecular weight is 290 g/mol. The van der Waals surface area contributed by atoms with Crippen LogP contribution < -0.4 is 16.8 Å². The van der Waals surface area contributed by atoms with Crippen molar-refractivity contribution in [1.82, 2.24) is 15.0 Å². The van der Waals surface area contributed by atoms with Crippen LogP contribution in [0.2, 0.25) is 0 Å². The number of carbonyl (C=O) groups is 1. The molecule has 1 amide bonds. The number of amides is 1. The summed E-state index contributed by atoms with van der Waals surface area (Å²) in [6, 6.07) is 4.97. The number of pyridine rings is 1. The molecular formula is C12H14N6OS. The van der Waals surface area contributed by atoms with E-state index in [1.54, 1.807) is 31.5 Å². The van der Waals surface area contributed by atoms with Gasteiger partial charge in [0.1, 0.15) is 11.6 Å². The molecule has 7 nitrogen and oxygen atoms in total. The van der Waals surface area contributed by atoms with E-state index < -0.39 is 5.25 Å². The molecule has 1 unspecified atom stereocenters. The molecule has 1 atom stereocenters. The highest BCUT2D eigenvalue weighted by Crippen LogP contribution is 2.22. The number of nitrogens with zero attached hydrogens (tertiary/aromatic N) is 3. The Balaban J connectivity index is 2.00. The SMILES string of the molecule is CC(Sc1nc(N)cc(N)n1)C(=O)Nc1cccnc1. The Morgan fingerprint density at radius 3 is 2.65 bits per heavy atom. The van der Waals surface area contributed by atoms with E-state index >= 15 is 0 Å². The Labute approximate surface area is 120 Å². The van der Waals surface area contributed by atoms with Gasteiger partial charge < -0.3 is 16.8 Å². The highest BCUT2D eigenvalue weighted by atomic mass is 32.2. The van der Waals surface area contributed by atoms with Crippen molar-refractivity contribution < 1.29 is 4.79 Å². The highest BCUT2D eigenvalue weighted by molar-refractivity contribution is 8.00. The largest absolute Gasteiger partial charge is 0.383 e. The molecule has 0 spiro atoms. The van der Waals surface area contributed by atoms with Crippen LogP contribution in [0.4, 0.5) is 17.3 Å². The van der Waals surface area contributed by atoms with Crippen LogP contribution in [-0.2, 0) is 4.79 Å². The second-order valence-electron chi connectivity index (χ2n) is 3.99. The number of hydrogen-bond acceptors (Lipinski definition) is 7. The molecule has 2 rings (SSSR count). The number of nitrogens with one attached hydrogen (secondary N) is 1. The molecule has 0 saturated heterocycles. The lowest BCUT2D eigenvalue weighted by molar-refractivity contribution is -0.115. The first kappa shape index (κ1) is 14.1. The molecule has 0 bridgehead atoms.